The van der Waals surface area contributed by atoms with Crippen LogP contribution < -0.4 is 20.3 Å². The highest BCUT2D eigenvalue weighted by Crippen LogP contribution is 2.31. The third kappa shape index (κ3) is 3.96. The van der Waals surface area contributed by atoms with Crippen molar-refractivity contribution in [1.29, 1.82) is 0 Å². The van der Waals surface area contributed by atoms with Gasteiger partial charge in [-0.1, -0.05) is 6.07 Å². The van der Waals surface area contributed by atoms with Gasteiger partial charge in [0.15, 0.2) is 11.5 Å². The molecule has 0 aliphatic rings. The van der Waals surface area contributed by atoms with Gasteiger partial charge in [0.25, 0.3) is 11.5 Å². The number of furan rings is 1. The number of amides is 1. The molecule has 0 radical (unpaired) electrons. The molecule has 1 aromatic carbocycles. The minimum atomic E-state index is -0.398. The van der Waals surface area contributed by atoms with Crippen LogP contribution in [0.3, 0.4) is 0 Å². The zero-order chi connectivity index (χ0) is 21.1. The normalized spacial score (nSPS) is 12.0. The summed E-state index contributed by atoms with van der Waals surface area (Å²) in [4.78, 5) is 29.5. The monoisotopic (exact) mass is 399 g/mol. The van der Waals surface area contributed by atoms with Crippen molar-refractivity contribution in [2.75, 3.05) is 13.2 Å². The van der Waals surface area contributed by atoms with Crippen molar-refractivity contribution in [1.82, 2.24) is 14.9 Å². The van der Waals surface area contributed by atoms with E-state index in [0.717, 1.165) is 5.56 Å². The van der Waals surface area contributed by atoms with Crippen molar-refractivity contribution in [2.45, 2.75) is 33.7 Å². The molecule has 1 amide bonds. The molecule has 1 atom stereocenters. The molecule has 2 aromatic heterocycles. The number of rotatable bonds is 7. The molecule has 0 bridgehead atoms. The van der Waals surface area contributed by atoms with Crippen LogP contribution in [0.4, 0.5) is 0 Å². The van der Waals surface area contributed by atoms with Gasteiger partial charge >= 0.3 is 0 Å². The summed E-state index contributed by atoms with van der Waals surface area (Å²) in [5.74, 6) is 1.23. The second kappa shape index (κ2) is 8.38. The van der Waals surface area contributed by atoms with Crippen molar-refractivity contribution in [3.05, 3.63) is 51.8 Å². The van der Waals surface area contributed by atoms with E-state index in [2.05, 4.69) is 10.3 Å². The Morgan fingerprint density at radius 1 is 1.24 bits per heavy atom. The van der Waals surface area contributed by atoms with Gasteiger partial charge in [0.1, 0.15) is 17.5 Å². The molecule has 0 saturated heterocycles. The lowest BCUT2D eigenvalue weighted by Gasteiger charge is -2.17. The summed E-state index contributed by atoms with van der Waals surface area (Å²) >= 11 is 0. The van der Waals surface area contributed by atoms with E-state index in [1.165, 1.54) is 10.9 Å². The van der Waals surface area contributed by atoms with E-state index in [9.17, 15) is 9.59 Å². The maximum Gasteiger partial charge on any atom is 0.265 e. The first kappa shape index (κ1) is 20.4. The Labute approximate surface area is 168 Å². The number of carbonyl (C=O) groups excluding carboxylic acids is 1. The first-order valence-electron chi connectivity index (χ1n) is 9.52. The average molecular weight is 399 g/mol. The molecule has 29 heavy (non-hydrogen) atoms. The zero-order valence-electron chi connectivity index (χ0n) is 17.2. The molecular formula is C21H25N3O5. The van der Waals surface area contributed by atoms with Crippen molar-refractivity contribution in [3.63, 3.8) is 0 Å². The Hall–Kier alpha value is -3.29. The summed E-state index contributed by atoms with van der Waals surface area (Å²) in [6, 6.07) is 5.21. The molecule has 1 unspecified atom stereocenters. The van der Waals surface area contributed by atoms with E-state index in [1.54, 1.807) is 14.0 Å². The van der Waals surface area contributed by atoms with Gasteiger partial charge in [-0.15, -0.1) is 0 Å². The number of aryl methyl sites for hydroxylation is 2. The van der Waals surface area contributed by atoms with Crippen LogP contribution >= 0.6 is 0 Å². The van der Waals surface area contributed by atoms with Crippen LogP contribution in [0.5, 0.6) is 11.5 Å². The standard InChI is InChI=1S/C21H25N3O5/c1-6-27-15-9-8-14(10-16(15)28-7-2)12(3)23-19(25)17-13(4)29-20-18(17)21(26)24(5)11-22-20/h8-12H,6-7H2,1-5H3,(H,23,25). The number of carbonyl (C=O) groups is 1. The van der Waals surface area contributed by atoms with E-state index in [0.29, 0.717) is 30.5 Å². The fourth-order valence-corrected chi connectivity index (χ4v) is 3.15. The molecule has 0 spiro atoms. The second-order valence-electron chi connectivity index (χ2n) is 6.64. The Balaban J connectivity index is 1.91. The van der Waals surface area contributed by atoms with Crippen LogP contribution in [0.1, 0.15) is 48.5 Å². The summed E-state index contributed by atoms with van der Waals surface area (Å²) in [6.07, 6.45) is 1.37. The van der Waals surface area contributed by atoms with Gasteiger partial charge in [0.2, 0.25) is 5.71 Å². The van der Waals surface area contributed by atoms with Gasteiger partial charge < -0.3 is 23.8 Å². The topological polar surface area (TPSA) is 95.6 Å². The van der Waals surface area contributed by atoms with Crippen LogP contribution in [-0.4, -0.2) is 28.7 Å². The van der Waals surface area contributed by atoms with E-state index >= 15 is 0 Å². The maximum atomic E-state index is 13.0. The van der Waals surface area contributed by atoms with Crippen molar-refractivity contribution in [2.24, 2.45) is 7.05 Å². The lowest BCUT2D eigenvalue weighted by molar-refractivity contribution is 0.0939. The number of nitrogens with zero attached hydrogens (tertiary/aromatic N) is 2. The first-order valence-corrected chi connectivity index (χ1v) is 9.52. The largest absolute Gasteiger partial charge is 0.490 e. The lowest BCUT2D eigenvalue weighted by atomic mass is 10.1. The highest BCUT2D eigenvalue weighted by atomic mass is 16.5. The smallest absolute Gasteiger partial charge is 0.265 e. The molecule has 0 aliphatic carbocycles. The van der Waals surface area contributed by atoms with Gasteiger partial charge in [0, 0.05) is 7.05 Å². The van der Waals surface area contributed by atoms with Crippen molar-refractivity contribution >= 4 is 17.0 Å². The van der Waals surface area contributed by atoms with Crippen molar-refractivity contribution in [3.8, 4) is 11.5 Å². The number of fused-ring (bicyclic) bond motifs is 1. The minimum absolute atomic E-state index is 0.156. The molecule has 0 saturated carbocycles. The zero-order valence-corrected chi connectivity index (χ0v) is 17.2. The fraction of sp³-hybridized carbons (Fsp3) is 0.381. The SMILES string of the molecule is CCOc1ccc(C(C)NC(=O)c2c(C)oc3ncn(C)c(=O)c23)cc1OCC. The van der Waals surface area contributed by atoms with Crippen LogP contribution in [0.25, 0.3) is 11.1 Å². The summed E-state index contributed by atoms with van der Waals surface area (Å²) < 4.78 is 18.1. The second-order valence-corrected chi connectivity index (χ2v) is 6.64. The van der Waals surface area contributed by atoms with Gasteiger partial charge in [-0.3, -0.25) is 9.59 Å². The lowest BCUT2D eigenvalue weighted by Crippen LogP contribution is -2.28. The number of benzene rings is 1. The molecule has 8 nitrogen and oxygen atoms in total. The quantitative estimate of drug-likeness (QED) is 0.656. The summed E-state index contributed by atoms with van der Waals surface area (Å²) in [5.41, 5.74) is 0.880. The molecular weight excluding hydrogens is 374 g/mol. The van der Waals surface area contributed by atoms with Gasteiger partial charge in [0.05, 0.1) is 24.8 Å². The number of ether oxygens (including phenoxy) is 2. The van der Waals surface area contributed by atoms with Crippen LogP contribution in [0.2, 0.25) is 0 Å². The molecule has 3 aromatic rings. The van der Waals surface area contributed by atoms with Crippen LogP contribution in [0, 0.1) is 6.92 Å². The minimum Gasteiger partial charge on any atom is -0.490 e. The predicted molar refractivity (Wildman–Crippen MR) is 109 cm³/mol. The number of hydrogen-bond donors (Lipinski definition) is 1. The summed E-state index contributed by atoms with van der Waals surface area (Å²) in [6.45, 7) is 8.34. The van der Waals surface area contributed by atoms with Crippen LogP contribution in [-0.2, 0) is 7.05 Å². The third-order valence-electron chi connectivity index (χ3n) is 4.59. The first-order chi connectivity index (χ1) is 13.9. The highest BCUT2D eigenvalue weighted by Gasteiger charge is 2.24. The molecule has 154 valence electrons. The number of aromatic nitrogens is 2. The van der Waals surface area contributed by atoms with Gasteiger partial charge in [-0.2, -0.15) is 0 Å². The predicted octanol–water partition coefficient (Wildman–Crippen LogP) is 3.12. The maximum absolute atomic E-state index is 13.0. The molecule has 3 rings (SSSR count). The third-order valence-corrected chi connectivity index (χ3v) is 4.59. The number of nitrogens with one attached hydrogen (secondary N) is 1. The molecule has 2 heterocycles. The Morgan fingerprint density at radius 2 is 1.93 bits per heavy atom. The summed E-state index contributed by atoms with van der Waals surface area (Å²) in [7, 11) is 1.58. The Bertz CT molecular complexity index is 1100. The highest BCUT2D eigenvalue weighted by molar-refractivity contribution is 6.06. The van der Waals surface area contributed by atoms with E-state index in [-0.39, 0.29) is 28.3 Å². The van der Waals surface area contributed by atoms with Gasteiger partial charge in [-0.25, -0.2) is 4.98 Å². The Morgan fingerprint density at radius 3 is 2.62 bits per heavy atom. The molecule has 8 heteroatoms. The van der Waals surface area contributed by atoms with Crippen molar-refractivity contribution < 1.29 is 18.7 Å². The molecule has 0 aliphatic heterocycles. The van der Waals surface area contributed by atoms with Crippen LogP contribution in [0.15, 0.2) is 33.7 Å². The van der Waals surface area contributed by atoms with E-state index < -0.39 is 5.91 Å². The average Bonchev–Trinajstić information content (AvgIpc) is 3.03. The van der Waals surface area contributed by atoms with E-state index in [4.69, 9.17) is 13.9 Å². The molecule has 1 N–H and O–H groups in total. The Kier molecular flexibility index (Phi) is 5.91. The molecule has 0 fully saturated rings. The van der Waals surface area contributed by atoms with E-state index in [1.807, 2.05) is 39.0 Å². The van der Waals surface area contributed by atoms with Gasteiger partial charge in [-0.05, 0) is 45.4 Å². The number of hydrogen-bond acceptors (Lipinski definition) is 6. The fourth-order valence-electron chi connectivity index (χ4n) is 3.15. The summed E-state index contributed by atoms with van der Waals surface area (Å²) in [5, 5.41) is 3.11.